The predicted octanol–water partition coefficient (Wildman–Crippen LogP) is 5.38. The molecule has 0 N–H and O–H groups in total. The number of anilines is 1. The summed E-state index contributed by atoms with van der Waals surface area (Å²) in [6, 6.07) is 5.13. The molecule has 1 aliphatic heterocycles. The van der Waals surface area contributed by atoms with Gasteiger partial charge in [-0.3, -0.25) is 0 Å². The second kappa shape index (κ2) is 7.01. The van der Waals surface area contributed by atoms with Gasteiger partial charge in [0.15, 0.2) is 23.1 Å². The van der Waals surface area contributed by atoms with Crippen LogP contribution in [0.25, 0.3) is 0 Å². The number of ether oxygens (including phenoxy) is 2. The molecule has 8 heteroatoms. The van der Waals surface area contributed by atoms with Gasteiger partial charge in [0, 0.05) is 19.2 Å². The van der Waals surface area contributed by atoms with E-state index in [-0.39, 0.29) is 17.9 Å². The molecule has 2 aromatic carbocycles. The van der Waals surface area contributed by atoms with Crippen LogP contribution >= 0.6 is 0 Å². The highest BCUT2D eigenvalue weighted by molar-refractivity contribution is 5.63. The molecule has 0 bridgehead atoms. The normalized spacial score (nSPS) is 14.6. The average Bonchev–Trinajstić information content (AvgIpc) is 3.11. The number of halogens is 5. The van der Waals surface area contributed by atoms with Crippen molar-refractivity contribution in [2.75, 3.05) is 25.1 Å². The van der Waals surface area contributed by atoms with Crippen LogP contribution in [-0.4, -0.2) is 20.2 Å². The Morgan fingerprint density at radius 2 is 1.58 bits per heavy atom. The van der Waals surface area contributed by atoms with Gasteiger partial charge in [-0.2, -0.15) is 13.2 Å². The van der Waals surface area contributed by atoms with Gasteiger partial charge in [-0.15, -0.1) is 0 Å². The topological polar surface area (TPSA) is 21.7 Å². The Morgan fingerprint density at radius 3 is 2.12 bits per heavy atom. The fraction of sp³-hybridized carbons (Fsp3) is 0.333. The summed E-state index contributed by atoms with van der Waals surface area (Å²) in [7, 11) is 1.48. The van der Waals surface area contributed by atoms with E-state index in [1.54, 1.807) is 12.1 Å². The molecule has 1 saturated heterocycles. The zero-order valence-corrected chi connectivity index (χ0v) is 13.9. The summed E-state index contributed by atoms with van der Waals surface area (Å²) in [5.74, 6) is -3.03. The second-order valence-electron chi connectivity index (χ2n) is 5.90. The van der Waals surface area contributed by atoms with Crippen LogP contribution in [0.4, 0.5) is 27.6 Å². The maximum atomic E-state index is 14.1. The Bertz CT molecular complexity index is 778. The Morgan fingerprint density at radius 1 is 0.962 bits per heavy atom. The van der Waals surface area contributed by atoms with Crippen LogP contribution in [0.1, 0.15) is 18.4 Å². The molecule has 0 unspecified atom stereocenters. The SMILES string of the molecule is COc1ccc(Oc2c(F)cc(C(F)(F)F)cc2F)c(N2CCCC2)c1. The summed E-state index contributed by atoms with van der Waals surface area (Å²) < 4.78 is 76.6. The average molecular weight is 373 g/mol. The molecular formula is C18H16F5NO2. The Hall–Kier alpha value is -2.51. The highest BCUT2D eigenvalue weighted by Crippen LogP contribution is 2.40. The molecule has 0 aromatic heterocycles. The van der Waals surface area contributed by atoms with E-state index < -0.39 is 29.1 Å². The summed E-state index contributed by atoms with van der Waals surface area (Å²) in [6.45, 7) is 1.48. The molecule has 140 valence electrons. The number of methoxy groups -OCH3 is 1. The maximum absolute atomic E-state index is 14.1. The van der Waals surface area contributed by atoms with E-state index in [0.717, 1.165) is 25.9 Å². The first-order chi connectivity index (χ1) is 12.3. The smallest absolute Gasteiger partial charge is 0.416 e. The van der Waals surface area contributed by atoms with E-state index >= 15 is 0 Å². The van der Waals surface area contributed by atoms with Crippen molar-refractivity contribution in [3.05, 3.63) is 47.5 Å². The molecule has 3 nitrogen and oxygen atoms in total. The van der Waals surface area contributed by atoms with Crippen molar-refractivity contribution in [3.8, 4) is 17.2 Å². The van der Waals surface area contributed by atoms with E-state index in [1.165, 1.54) is 13.2 Å². The molecule has 1 aliphatic rings. The zero-order chi connectivity index (χ0) is 18.9. The fourth-order valence-corrected chi connectivity index (χ4v) is 2.85. The molecule has 2 aromatic rings. The summed E-state index contributed by atoms with van der Waals surface area (Å²) in [5.41, 5.74) is -0.838. The van der Waals surface area contributed by atoms with Crippen molar-refractivity contribution in [1.82, 2.24) is 0 Å². The highest BCUT2D eigenvalue weighted by atomic mass is 19.4. The molecule has 0 spiro atoms. The fourth-order valence-electron chi connectivity index (χ4n) is 2.85. The molecule has 1 heterocycles. The monoisotopic (exact) mass is 373 g/mol. The van der Waals surface area contributed by atoms with Crippen LogP contribution in [-0.2, 0) is 6.18 Å². The number of benzene rings is 2. The lowest BCUT2D eigenvalue weighted by Gasteiger charge is -2.22. The van der Waals surface area contributed by atoms with Crippen molar-refractivity contribution in [1.29, 1.82) is 0 Å². The molecular weight excluding hydrogens is 357 g/mol. The van der Waals surface area contributed by atoms with Crippen LogP contribution < -0.4 is 14.4 Å². The number of hydrogen-bond donors (Lipinski definition) is 0. The third-order valence-electron chi connectivity index (χ3n) is 4.15. The van der Waals surface area contributed by atoms with Crippen molar-refractivity contribution in [3.63, 3.8) is 0 Å². The van der Waals surface area contributed by atoms with E-state index in [9.17, 15) is 22.0 Å². The largest absolute Gasteiger partial charge is 0.497 e. The van der Waals surface area contributed by atoms with Crippen molar-refractivity contribution < 1.29 is 31.4 Å². The minimum atomic E-state index is -4.85. The van der Waals surface area contributed by atoms with Crippen LogP contribution in [0.15, 0.2) is 30.3 Å². The summed E-state index contributed by atoms with van der Waals surface area (Å²) in [5, 5.41) is 0. The summed E-state index contributed by atoms with van der Waals surface area (Å²) in [4.78, 5) is 1.97. The van der Waals surface area contributed by atoms with Gasteiger partial charge >= 0.3 is 6.18 Å². The van der Waals surface area contributed by atoms with Gasteiger partial charge in [-0.25, -0.2) is 8.78 Å². The first kappa shape index (κ1) is 18.3. The van der Waals surface area contributed by atoms with E-state index in [4.69, 9.17) is 9.47 Å². The van der Waals surface area contributed by atoms with Gasteiger partial charge < -0.3 is 14.4 Å². The summed E-state index contributed by atoms with van der Waals surface area (Å²) in [6.07, 6.45) is -2.93. The lowest BCUT2D eigenvalue weighted by atomic mass is 10.2. The Kier molecular flexibility index (Phi) is 4.93. The van der Waals surface area contributed by atoms with Gasteiger partial charge in [-0.05, 0) is 37.1 Å². The van der Waals surface area contributed by atoms with Gasteiger partial charge in [0.05, 0.1) is 18.4 Å². The first-order valence-electron chi connectivity index (χ1n) is 7.96. The third-order valence-corrected chi connectivity index (χ3v) is 4.15. The Labute approximate surface area is 146 Å². The predicted molar refractivity (Wildman–Crippen MR) is 85.9 cm³/mol. The van der Waals surface area contributed by atoms with Crippen molar-refractivity contribution in [2.45, 2.75) is 19.0 Å². The Balaban J connectivity index is 1.98. The highest BCUT2D eigenvalue weighted by Gasteiger charge is 2.33. The van der Waals surface area contributed by atoms with Gasteiger partial charge in [0.1, 0.15) is 5.75 Å². The standard InChI is InChI=1S/C18H16F5NO2/c1-25-12-4-5-16(15(10-12)24-6-2-3-7-24)26-17-13(19)8-11(9-14(17)20)18(21,22)23/h4-5,8-10H,2-3,6-7H2,1H3. The van der Waals surface area contributed by atoms with Crippen LogP contribution in [0.3, 0.4) is 0 Å². The van der Waals surface area contributed by atoms with Crippen LogP contribution in [0.5, 0.6) is 17.2 Å². The molecule has 0 aliphatic carbocycles. The second-order valence-corrected chi connectivity index (χ2v) is 5.90. The lowest BCUT2D eigenvalue weighted by molar-refractivity contribution is -0.138. The molecule has 26 heavy (non-hydrogen) atoms. The van der Waals surface area contributed by atoms with Crippen molar-refractivity contribution >= 4 is 5.69 Å². The number of hydrogen-bond acceptors (Lipinski definition) is 3. The minimum Gasteiger partial charge on any atom is -0.497 e. The molecule has 3 rings (SSSR count). The number of rotatable bonds is 4. The first-order valence-corrected chi connectivity index (χ1v) is 7.96. The minimum absolute atomic E-state index is 0.144. The number of nitrogens with zero attached hydrogens (tertiary/aromatic N) is 1. The molecule has 0 atom stereocenters. The third kappa shape index (κ3) is 3.68. The van der Waals surface area contributed by atoms with Crippen molar-refractivity contribution in [2.24, 2.45) is 0 Å². The molecule has 0 amide bonds. The molecule has 0 saturated carbocycles. The summed E-state index contributed by atoms with van der Waals surface area (Å²) >= 11 is 0. The lowest BCUT2D eigenvalue weighted by Crippen LogP contribution is -2.18. The van der Waals surface area contributed by atoms with Gasteiger partial charge in [-0.1, -0.05) is 0 Å². The van der Waals surface area contributed by atoms with Crippen LogP contribution in [0.2, 0.25) is 0 Å². The number of alkyl halides is 3. The zero-order valence-electron chi connectivity index (χ0n) is 13.9. The maximum Gasteiger partial charge on any atom is 0.416 e. The van der Waals surface area contributed by atoms with E-state index in [2.05, 4.69) is 0 Å². The van der Waals surface area contributed by atoms with Gasteiger partial charge in [0.2, 0.25) is 0 Å². The van der Waals surface area contributed by atoms with Gasteiger partial charge in [0.25, 0.3) is 0 Å². The quantitative estimate of drug-likeness (QED) is 0.671. The van der Waals surface area contributed by atoms with E-state index in [0.29, 0.717) is 11.4 Å². The molecule has 0 radical (unpaired) electrons. The van der Waals surface area contributed by atoms with Crippen LogP contribution in [0, 0.1) is 11.6 Å². The van der Waals surface area contributed by atoms with E-state index in [1.807, 2.05) is 4.90 Å². The molecule has 1 fully saturated rings.